The third kappa shape index (κ3) is 2.09. The van der Waals surface area contributed by atoms with E-state index < -0.39 is 0 Å². The number of furan rings is 1. The van der Waals surface area contributed by atoms with Crippen LogP contribution in [0, 0.1) is 6.92 Å². The first kappa shape index (κ1) is 10.8. The monoisotopic (exact) mass is 229 g/mol. The van der Waals surface area contributed by atoms with E-state index in [2.05, 4.69) is 24.4 Å². The number of fused-ring (bicyclic) bond motifs is 1. The molecule has 0 aliphatic heterocycles. The van der Waals surface area contributed by atoms with Crippen molar-refractivity contribution in [3.63, 3.8) is 0 Å². The quantitative estimate of drug-likeness (QED) is 0.866. The first-order chi connectivity index (χ1) is 8.34. The molecular formula is C15H19NO. The Morgan fingerprint density at radius 2 is 2.00 bits per heavy atom. The van der Waals surface area contributed by atoms with Gasteiger partial charge in [0.25, 0.3) is 0 Å². The van der Waals surface area contributed by atoms with E-state index in [0.29, 0.717) is 6.04 Å². The number of hydrogen-bond acceptors (Lipinski definition) is 2. The number of aryl methyl sites for hydroxylation is 1. The summed E-state index contributed by atoms with van der Waals surface area (Å²) in [4.78, 5) is 0. The molecule has 0 amide bonds. The van der Waals surface area contributed by atoms with Crippen LogP contribution in [0.5, 0.6) is 0 Å². The van der Waals surface area contributed by atoms with Crippen LogP contribution in [-0.4, -0.2) is 6.04 Å². The summed E-state index contributed by atoms with van der Waals surface area (Å²) in [6, 6.07) is 9.01. The first-order valence-electron chi connectivity index (χ1n) is 6.55. The van der Waals surface area contributed by atoms with E-state index in [9.17, 15) is 0 Å². The zero-order valence-electron chi connectivity index (χ0n) is 10.3. The summed E-state index contributed by atoms with van der Waals surface area (Å²) >= 11 is 0. The molecule has 1 aromatic carbocycles. The second-order valence-corrected chi connectivity index (χ2v) is 5.00. The molecule has 0 saturated heterocycles. The molecule has 1 saturated carbocycles. The highest BCUT2D eigenvalue weighted by molar-refractivity contribution is 5.82. The van der Waals surface area contributed by atoms with Gasteiger partial charge in [0.1, 0.15) is 11.3 Å². The smallest absolute Gasteiger partial charge is 0.134 e. The van der Waals surface area contributed by atoms with Gasteiger partial charge < -0.3 is 9.73 Å². The second kappa shape index (κ2) is 4.53. The molecule has 1 fully saturated rings. The molecule has 1 heterocycles. The fourth-order valence-electron chi connectivity index (χ4n) is 2.82. The summed E-state index contributed by atoms with van der Waals surface area (Å²) < 4.78 is 5.77. The molecule has 0 spiro atoms. The minimum absolute atomic E-state index is 0.711. The molecule has 1 aliphatic rings. The molecule has 0 atom stereocenters. The molecule has 1 aliphatic carbocycles. The minimum Gasteiger partial charge on any atom is -0.461 e. The molecule has 0 unspecified atom stereocenters. The fraction of sp³-hybridized carbons (Fsp3) is 0.467. The molecule has 1 N–H and O–H groups in total. The SMILES string of the molecule is Cc1oc2ccccc2c1CNC1CCCC1. The van der Waals surface area contributed by atoms with Crippen LogP contribution in [0.4, 0.5) is 0 Å². The topological polar surface area (TPSA) is 25.2 Å². The van der Waals surface area contributed by atoms with Gasteiger partial charge >= 0.3 is 0 Å². The van der Waals surface area contributed by atoms with Crippen molar-refractivity contribution in [2.75, 3.05) is 0 Å². The van der Waals surface area contributed by atoms with Gasteiger partial charge in [-0.1, -0.05) is 31.0 Å². The maximum Gasteiger partial charge on any atom is 0.134 e. The molecule has 2 aromatic rings. The van der Waals surface area contributed by atoms with Gasteiger partial charge in [-0.15, -0.1) is 0 Å². The van der Waals surface area contributed by atoms with E-state index in [4.69, 9.17) is 4.42 Å². The van der Waals surface area contributed by atoms with Gasteiger partial charge in [0.2, 0.25) is 0 Å². The highest BCUT2D eigenvalue weighted by atomic mass is 16.3. The Morgan fingerprint density at radius 3 is 2.82 bits per heavy atom. The number of nitrogens with one attached hydrogen (secondary N) is 1. The molecule has 3 rings (SSSR count). The van der Waals surface area contributed by atoms with Crippen LogP contribution in [0.3, 0.4) is 0 Å². The predicted octanol–water partition coefficient (Wildman–Crippen LogP) is 3.77. The van der Waals surface area contributed by atoms with E-state index in [1.54, 1.807) is 0 Å². The van der Waals surface area contributed by atoms with Gasteiger partial charge in [0, 0.05) is 23.5 Å². The lowest BCUT2D eigenvalue weighted by Gasteiger charge is -2.11. The average Bonchev–Trinajstić information content (AvgIpc) is 2.93. The van der Waals surface area contributed by atoms with Crippen LogP contribution in [-0.2, 0) is 6.54 Å². The van der Waals surface area contributed by atoms with Crippen molar-refractivity contribution >= 4 is 11.0 Å². The average molecular weight is 229 g/mol. The van der Waals surface area contributed by atoms with E-state index in [1.807, 2.05) is 12.1 Å². The highest BCUT2D eigenvalue weighted by Crippen LogP contribution is 2.26. The zero-order chi connectivity index (χ0) is 11.7. The van der Waals surface area contributed by atoms with Gasteiger partial charge in [-0.05, 0) is 25.8 Å². The second-order valence-electron chi connectivity index (χ2n) is 5.00. The molecule has 2 heteroatoms. The molecule has 90 valence electrons. The lowest BCUT2D eigenvalue weighted by atomic mass is 10.1. The third-order valence-electron chi connectivity index (χ3n) is 3.82. The van der Waals surface area contributed by atoms with Crippen LogP contribution in [0.25, 0.3) is 11.0 Å². The van der Waals surface area contributed by atoms with Crippen LogP contribution in [0.15, 0.2) is 28.7 Å². The number of para-hydroxylation sites is 1. The number of benzene rings is 1. The fourth-order valence-corrected chi connectivity index (χ4v) is 2.82. The summed E-state index contributed by atoms with van der Waals surface area (Å²) in [5, 5.41) is 4.92. The summed E-state index contributed by atoms with van der Waals surface area (Å²) in [5.41, 5.74) is 2.33. The van der Waals surface area contributed by atoms with Crippen LogP contribution in [0.2, 0.25) is 0 Å². The van der Waals surface area contributed by atoms with Gasteiger partial charge in [0.05, 0.1) is 0 Å². The maximum atomic E-state index is 5.77. The van der Waals surface area contributed by atoms with Crippen molar-refractivity contribution in [3.8, 4) is 0 Å². The van der Waals surface area contributed by atoms with E-state index in [1.165, 1.54) is 36.6 Å². The van der Waals surface area contributed by atoms with Crippen molar-refractivity contribution in [3.05, 3.63) is 35.6 Å². The van der Waals surface area contributed by atoms with Crippen molar-refractivity contribution in [2.45, 2.75) is 45.2 Å². The highest BCUT2D eigenvalue weighted by Gasteiger charge is 2.16. The predicted molar refractivity (Wildman–Crippen MR) is 70.0 cm³/mol. The van der Waals surface area contributed by atoms with Crippen molar-refractivity contribution < 1.29 is 4.42 Å². The van der Waals surface area contributed by atoms with Crippen molar-refractivity contribution in [2.24, 2.45) is 0 Å². The van der Waals surface area contributed by atoms with Crippen LogP contribution < -0.4 is 5.32 Å². The van der Waals surface area contributed by atoms with Gasteiger partial charge in [-0.25, -0.2) is 0 Å². The maximum absolute atomic E-state index is 5.77. The Kier molecular flexibility index (Phi) is 2.89. The summed E-state index contributed by atoms with van der Waals surface area (Å²) in [6.07, 6.45) is 5.41. The summed E-state index contributed by atoms with van der Waals surface area (Å²) in [5.74, 6) is 1.05. The minimum atomic E-state index is 0.711. The lowest BCUT2D eigenvalue weighted by molar-refractivity contribution is 0.513. The zero-order valence-corrected chi connectivity index (χ0v) is 10.3. The summed E-state index contributed by atoms with van der Waals surface area (Å²) in [7, 11) is 0. The largest absolute Gasteiger partial charge is 0.461 e. The Hall–Kier alpha value is -1.28. The molecule has 2 nitrogen and oxygen atoms in total. The lowest BCUT2D eigenvalue weighted by Crippen LogP contribution is -2.25. The van der Waals surface area contributed by atoms with Gasteiger partial charge in [-0.2, -0.15) is 0 Å². The Morgan fingerprint density at radius 1 is 1.24 bits per heavy atom. The first-order valence-corrected chi connectivity index (χ1v) is 6.55. The number of rotatable bonds is 3. The Bertz CT molecular complexity index is 509. The molecule has 0 radical (unpaired) electrons. The number of hydrogen-bond donors (Lipinski definition) is 1. The molecular weight excluding hydrogens is 210 g/mol. The van der Waals surface area contributed by atoms with Crippen molar-refractivity contribution in [1.82, 2.24) is 5.32 Å². The van der Waals surface area contributed by atoms with Gasteiger partial charge in [0.15, 0.2) is 0 Å². The van der Waals surface area contributed by atoms with Crippen LogP contribution in [0.1, 0.15) is 37.0 Å². The van der Waals surface area contributed by atoms with Gasteiger partial charge in [-0.3, -0.25) is 0 Å². The third-order valence-corrected chi connectivity index (χ3v) is 3.82. The van der Waals surface area contributed by atoms with Crippen LogP contribution >= 0.6 is 0 Å². The Labute approximate surface area is 102 Å². The summed E-state index contributed by atoms with van der Waals surface area (Å²) in [6.45, 7) is 3.00. The van der Waals surface area contributed by atoms with E-state index in [0.717, 1.165) is 17.9 Å². The van der Waals surface area contributed by atoms with Crippen molar-refractivity contribution in [1.29, 1.82) is 0 Å². The Balaban J connectivity index is 1.81. The standard InChI is InChI=1S/C15H19NO/c1-11-14(10-16-12-6-2-3-7-12)13-8-4-5-9-15(13)17-11/h4-5,8-9,12,16H,2-3,6-7,10H2,1H3. The van der Waals surface area contributed by atoms with E-state index in [-0.39, 0.29) is 0 Å². The normalized spacial score (nSPS) is 17.0. The molecule has 17 heavy (non-hydrogen) atoms. The molecule has 0 bridgehead atoms. The molecule has 1 aromatic heterocycles. The van der Waals surface area contributed by atoms with E-state index >= 15 is 0 Å².